The van der Waals surface area contributed by atoms with Gasteiger partial charge in [-0.25, -0.2) is 0 Å². The van der Waals surface area contributed by atoms with Crippen LogP contribution in [0.4, 0.5) is 5.69 Å². The Morgan fingerprint density at radius 1 is 0.857 bits per heavy atom. The second-order valence-corrected chi connectivity index (χ2v) is 6.73. The molecule has 0 unspecified atom stereocenters. The monoisotopic (exact) mass is 381 g/mol. The van der Waals surface area contributed by atoms with Crippen molar-refractivity contribution in [3.63, 3.8) is 0 Å². The number of anilines is 1. The molecule has 1 saturated heterocycles. The van der Waals surface area contributed by atoms with Crippen LogP contribution in [0, 0.1) is 0 Å². The highest BCUT2D eigenvalue weighted by atomic mass is 16.2. The molecular weight excluding hydrogens is 356 g/mol. The first kappa shape index (κ1) is 19.6. The first-order chi connectivity index (χ1) is 13.6. The van der Waals surface area contributed by atoms with E-state index in [4.69, 9.17) is 0 Å². The summed E-state index contributed by atoms with van der Waals surface area (Å²) in [5.74, 6) is -1.24. The number of para-hydroxylation sites is 1. The third kappa shape index (κ3) is 5.40. The van der Waals surface area contributed by atoms with E-state index >= 15 is 0 Å². The summed E-state index contributed by atoms with van der Waals surface area (Å²) in [6.07, 6.45) is 0. The molecule has 0 radical (unpaired) electrons. The third-order valence-corrected chi connectivity index (χ3v) is 4.78. The molecule has 0 saturated carbocycles. The van der Waals surface area contributed by atoms with Gasteiger partial charge < -0.3 is 20.4 Å². The van der Waals surface area contributed by atoms with Crippen LogP contribution in [-0.4, -0.2) is 61.9 Å². The van der Waals surface area contributed by atoms with E-state index in [0.717, 1.165) is 19.6 Å². The first-order valence-electron chi connectivity index (χ1n) is 9.45. The zero-order valence-electron chi connectivity index (χ0n) is 15.7. The predicted octanol–water partition coefficient (Wildman–Crippen LogP) is -0.218. The van der Waals surface area contributed by atoms with Gasteiger partial charge in [0.2, 0.25) is 0 Å². The minimum atomic E-state index is -0.667. The topological polar surface area (TPSA) is 83.0 Å². The lowest BCUT2D eigenvalue weighted by molar-refractivity contribution is -0.902. The summed E-state index contributed by atoms with van der Waals surface area (Å²) in [6, 6.07) is 18.2. The molecule has 1 heterocycles. The summed E-state index contributed by atoms with van der Waals surface area (Å²) in [6.45, 7) is 4.16. The molecule has 28 heavy (non-hydrogen) atoms. The number of carbonyl (C=O) groups is 3. The smallest absolute Gasteiger partial charge is 0.313 e. The van der Waals surface area contributed by atoms with Crippen LogP contribution in [0.1, 0.15) is 10.4 Å². The Labute approximate surface area is 164 Å². The Morgan fingerprint density at radius 2 is 1.46 bits per heavy atom. The number of piperazine rings is 1. The van der Waals surface area contributed by atoms with Crippen LogP contribution in [0.5, 0.6) is 0 Å². The Kier molecular flexibility index (Phi) is 6.75. The fourth-order valence-electron chi connectivity index (χ4n) is 3.18. The van der Waals surface area contributed by atoms with Crippen molar-refractivity contribution in [2.45, 2.75) is 0 Å². The van der Waals surface area contributed by atoms with Gasteiger partial charge in [0.15, 0.2) is 0 Å². The summed E-state index contributed by atoms with van der Waals surface area (Å²) in [7, 11) is 0. The van der Waals surface area contributed by atoms with Crippen molar-refractivity contribution in [3.8, 4) is 0 Å². The van der Waals surface area contributed by atoms with E-state index in [-0.39, 0.29) is 5.91 Å². The van der Waals surface area contributed by atoms with Crippen LogP contribution in [0.25, 0.3) is 0 Å². The summed E-state index contributed by atoms with van der Waals surface area (Å²) in [4.78, 5) is 39.4. The lowest BCUT2D eigenvalue weighted by atomic mass is 10.2. The molecule has 2 aromatic carbocycles. The lowest BCUT2D eigenvalue weighted by Crippen LogP contribution is -3.15. The fraction of sp³-hybridized carbons (Fsp3) is 0.286. The van der Waals surface area contributed by atoms with Crippen LogP contribution in [0.3, 0.4) is 0 Å². The minimum Gasteiger partial charge on any atom is -0.342 e. The van der Waals surface area contributed by atoms with Gasteiger partial charge in [0.05, 0.1) is 39.3 Å². The van der Waals surface area contributed by atoms with Crippen LogP contribution < -0.4 is 15.5 Å². The summed E-state index contributed by atoms with van der Waals surface area (Å²) >= 11 is 0. The second kappa shape index (κ2) is 9.66. The van der Waals surface area contributed by atoms with E-state index < -0.39 is 11.8 Å². The van der Waals surface area contributed by atoms with Crippen molar-refractivity contribution >= 4 is 23.4 Å². The molecule has 0 bridgehead atoms. The van der Waals surface area contributed by atoms with Crippen molar-refractivity contribution < 1.29 is 19.3 Å². The zero-order chi connectivity index (χ0) is 19.8. The van der Waals surface area contributed by atoms with E-state index in [2.05, 4.69) is 10.6 Å². The number of rotatable bonds is 5. The molecule has 3 rings (SSSR count). The molecule has 0 aliphatic carbocycles. The Hall–Kier alpha value is -3.19. The number of nitrogens with one attached hydrogen (secondary N) is 3. The zero-order valence-corrected chi connectivity index (χ0v) is 15.7. The first-order valence-corrected chi connectivity index (χ1v) is 9.45. The number of hydrogen-bond donors (Lipinski definition) is 3. The van der Waals surface area contributed by atoms with Crippen molar-refractivity contribution in [2.75, 3.05) is 44.6 Å². The van der Waals surface area contributed by atoms with Crippen molar-refractivity contribution in [3.05, 3.63) is 66.2 Å². The molecule has 1 fully saturated rings. The molecule has 3 N–H and O–H groups in total. The minimum absolute atomic E-state index is 0.0607. The van der Waals surface area contributed by atoms with Gasteiger partial charge in [0, 0.05) is 11.3 Å². The molecule has 0 spiro atoms. The highest BCUT2D eigenvalue weighted by Gasteiger charge is 2.24. The summed E-state index contributed by atoms with van der Waals surface area (Å²) in [5, 5.41) is 5.22. The lowest BCUT2D eigenvalue weighted by Gasteiger charge is -2.32. The van der Waals surface area contributed by atoms with E-state index in [0.29, 0.717) is 30.9 Å². The molecule has 7 nitrogen and oxygen atoms in total. The number of benzene rings is 2. The Balaban J connectivity index is 1.36. The largest absolute Gasteiger partial charge is 0.342 e. The maximum atomic E-state index is 12.4. The predicted molar refractivity (Wildman–Crippen MR) is 106 cm³/mol. The highest BCUT2D eigenvalue weighted by Crippen LogP contribution is 2.05. The van der Waals surface area contributed by atoms with Crippen LogP contribution in [-0.2, 0) is 9.59 Å². The molecule has 3 amide bonds. The Morgan fingerprint density at radius 3 is 2.11 bits per heavy atom. The van der Waals surface area contributed by atoms with Gasteiger partial charge in [0.25, 0.3) is 5.91 Å². The molecule has 146 valence electrons. The maximum Gasteiger partial charge on any atom is 0.313 e. The summed E-state index contributed by atoms with van der Waals surface area (Å²) in [5.41, 5.74) is 1.30. The number of nitrogens with zero attached hydrogens (tertiary/aromatic N) is 1. The average molecular weight is 381 g/mol. The third-order valence-electron chi connectivity index (χ3n) is 4.78. The second-order valence-electron chi connectivity index (χ2n) is 6.73. The van der Waals surface area contributed by atoms with E-state index in [1.807, 2.05) is 41.3 Å². The Bertz CT molecular complexity index is 803. The van der Waals surface area contributed by atoms with E-state index in [1.165, 1.54) is 4.90 Å². The molecule has 1 aliphatic rings. The normalized spacial score (nSPS) is 14.4. The van der Waals surface area contributed by atoms with Crippen LogP contribution in [0.2, 0.25) is 0 Å². The quantitative estimate of drug-likeness (QED) is 0.627. The van der Waals surface area contributed by atoms with Crippen LogP contribution >= 0.6 is 0 Å². The molecule has 7 heteroatoms. The van der Waals surface area contributed by atoms with Crippen molar-refractivity contribution in [1.82, 2.24) is 10.2 Å². The maximum absolute atomic E-state index is 12.4. The molecule has 2 aromatic rings. The number of carbonyl (C=O) groups excluding carboxylic acids is 3. The number of quaternary nitrogens is 1. The highest BCUT2D eigenvalue weighted by molar-refractivity contribution is 6.39. The van der Waals surface area contributed by atoms with Gasteiger partial charge in [-0.3, -0.25) is 14.4 Å². The molecule has 1 aliphatic heterocycles. The van der Waals surface area contributed by atoms with Crippen LogP contribution in [0.15, 0.2) is 60.7 Å². The fourth-order valence-corrected chi connectivity index (χ4v) is 3.18. The standard InChI is InChI=1S/C21H24N4O3/c26-19(20(27)23-18-9-5-2-6-10-18)22-11-12-24-13-15-25(16-14-24)21(28)17-7-3-1-4-8-17/h1-10H,11-16H2,(H,22,26)(H,23,27)/p+1. The molecular formula is C21H25N4O3+. The molecule has 0 atom stereocenters. The van der Waals surface area contributed by atoms with Crippen molar-refractivity contribution in [2.24, 2.45) is 0 Å². The number of hydrogen-bond acceptors (Lipinski definition) is 3. The summed E-state index contributed by atoms with van der Waals surface area (Å²) < 4.78 is 0. The van der Waals surface area contributed by atoms with Gasteiger partial charge in [-0.2, -0.15) is 0 Å². The van der Waals surface area contributed by atoms with E-state index in [1.54, 1.807) is 24.3 Å². The molecule has 0 aromatic heterocycles. The SMILES string of the molecule is O=C(NCC[NH+]1CCN(C(=O)c2ccccc2)CC1)C(=O)Nc1ccccc1. The van der Waals surface area contributed by atoms with Crippen molar-refractivity contribution in [1.29, 1.82) is 0 Å². The van der Waals surface area contributed by atoms with Gasteiger partial charge in [-0.1, -0.05) is 36.4 Å². The average Bonchev–Trinajstić information content (AvgIpc) is 2.75. The van der Waals surface area contributed by atoms with Gasteiger partial charge in [0.1, 0.15) is 0 Å². The van der Waals surface area contributed by atoms with Gasteiger partial charge in [-0.15, -0.1) is 0 Å². The van der Waals surface area contributed by atoms with Gasteiger partial charge >= 0.3 is 11.8 Å². The van der Waals surface area contributed by atoms with E-state index in [9.17, 15) is 14.4 Å². The number of amides is 3. The van der Waals surface area contributed by atoms with Gasteiger partial charge in [-0.05, 0) is 24.3 Å².